The van der Waals surface area contributed by atoms with Crippen LogP contribution in [0.4, 0.5) is 5.69 Å². The molecule has 1 aliphatic carbocycles. The average molecular weight is 303 g/mol. The maximum Gasteiger partial charge on any atom is 0.231 e. The Hall–Kier alpha value is -1.86. The van der Waals surface area contributed by atoms with Gasteiger partial charge in [0, 0.05) is 17.1 Å². The Morgan fingerprint density at radius 2 is 2.14 bits per heavy atom. The summed E-state index contributed by atoms with van der Waals surface area (Å²) in [6.07, 6.45) is 4.32. The third-order valence-corrected chi connectivity index (χ3v) is 4.80. The highest BCUT2D eigenvalue weighted by Crippen LogP contribution is 2.40. The number of anilines is 1. The van der Waals surface area contributed by atoms with Crippen LogP contribution in [0.5, 0.6) is 0 Å². The van der Waals surface area contributed by atoms with Gasteiger partial charge < -0.3 is 11.1 Å². The Morgan fingerprint density at radius 1 is 1.38 bits per heavy atom. The van der Waals surface area contributed by atoms with E-state index < -0.39 is 0 Å². The van der Waals surface area contributed by atoms with E-state index in [1.54, 1.807) is 0 Å². The van der Waals surface area contributed by atoms with Crippen LogP contribution in [0.15, 0.2) is 40.6 Å². The van der Waals surface area contributed by atoms with Crippen molar-refractivity contribution in [3.8, 4) is 0 Å². The summed E-state index contributed by atoms with van der Waals surface area (Å²) >= 11 is 1.49. The lowest BCUT2D eigenvalue weighted by Crippen LogP contribution is -2.47. The zero-order valence-electron chi connectivity index (χ0n) is 11.5. The van der Waals surface area contributed by atoms with E-state index in [0.717, 1.165) is 35.0 Å². The van der Waals surface area contributed by atoms with E-state index >= 15 is 0 Å². The molecule has 0 bridgehead atoms. The van der Waals surface area contributed by atoms with Gasteiger partial charge in [-0.2, -0.15) is 5.10 Å². The van der Waals surface area contributed by atoms with Gasteiger partial charge in [0.1, 0.15) is 6.33 Å². The van der Waals surface area contributed by atoms with Gasteiger partial charge in [0.25, 0.3) is 0 Å². The van der Waals surface area contributed by atoms with Crippen LogP contribution >= 0.6 is 11.8 Å². The van der Waals surface area contributed by atoms with E-state index in [-0.39, 0.29) is 11.3 Å². The normalized spacial score (nSPS) is 16.2. The second kappa shape index (κ2) is 5.87. The summed E-state index contributed by atoms with van der Waals surface area (Å²) in [6, 6.07) is 7.66. The predicted octanol–water partition coefficient (Wildman–Crippen LogP) is 2.02. The fraction of sp³-hybridized carbons (Fsp3) is 0.357. The number of nitrogens with two attached hydrogens (primary N) is 1. The van der Waals surface area contributed by atoms with Gasteiger partial charge in [-0.05, 0) is 37.1 Å². The first-order chi connectivity index (χ1) is 10.2. The molecule has 6 nitrogen and oxygen atoms in total. The lowest BCUT2D eigenvalue weighted by Gasteiger charge is -2.39. The highest BCUT2D eigenvalue weighted by atomic mass is 32.2. The molecule has 1 aromatic heterocycles. The first kappa shape index (κ1) is 14.1. The molecule has 0 unspecified atom stereocenters. The van der Waals surface area contributed by atoms with Gasteiger partial charge in [-0.15, -0.1) is 0 Å². The molecule has 21 heavy (non-hydrogen) atoms. The molecule has 110 valence electrons. The van der Waals surface area contributed by atoms with Crippen LogP contribution in [0.2, 0.25) is 0 Å². The fourth-order valence-electron chi connectivity index (χ4n) is 2.35. The van der Waals surface area contributed by atoms with Crippen LogP contribution < -0.4 is 11.1 Å². The van der Waals surface area contributed by atoms with Crippen molar-refractivity contribution < 1.29 is 4.79 Å². The van der Waals surface area contributed by atoms with Gasteiger partial charge in [-0.1, -0.05) is 18.2 Å². The number of nitrogens with one attached hydrogen (secondary N) is 2. The van der Waals surface area contributed by atoms with Crippen molar-refractivity contribution in [1.82, 2.24) is 15.2 Å². The smallest absolute Gasteiger partial charge is 0.231 e. The summed E-state index contributed by atoms with van der Waals surface area (Å²) in [5.41, 5.74) is 6.18. The van der Waals surface area contributed by atoms with Crippen molar-refractivity contribution in [3.63, 3.8) is 0 Å². The molecular weight excluding hydrogens is 286 g/mol. The van der Waals surface area contributed by atoms with Crippen LogP contribution in [0, 0.1) is 5.41 Å². The molecule has 3 rings (SSSR count). The lowest BCUT2D eigenvalue weighted by molar-refractivity contribution is -0.129. The molecule has 1 aliphatic rings. The number of nitrogens with zero attached hydrogens (tertiary/aromatic N) is 2. The largest absolute Gasteiger partial charge is 0.329 e. The van der Waals surface area contributed by atoms with Crippen LogP contribution in [0.25, 0.3) is 0 Å². The first-order valence-electron chi connectivity index (χ1n) is 6.87. The van der Waals surface area contributed by atoms with Gasteiger partial charge >= 0.3 is 0 Å². The summed E-state index contributed by atoms with van der Waals surface area (Å²) in [5.74, 6) is 0.0342. The van der Waals surface area contributed by atoms with Gasteiger partial charge in [0.15, 0.2) is 5.16 Å². The number of H-pyrrole nitrogens is 1. The molecule has 0 atom stereocenters. The van der Waals surface area contributed by atoms with E-state index in [1.807, 2.05) is 24.3 Å². The third-order valence-electron chi connectivity index (χ3n) is 3.90. The number of hydrogen-bond acceptors (Lipinski definition) is 5. The van der Waals surface area contributed by atoms with Crippen LogP contribution in [-0.4, -0.2) is 27.6 Å². The molecule has 1 saturated carbocycles. The average Bonchev–Trinajstić information content (AvgIpc) is 2.93. The Kier molecular flexibility index (Phi) is 3.94. The molecule has 1 amide bonds. The van der Waals surface area contributed by atoms with Crippen molar-refractivity contribution in [2.24, 2.45) is 11.1 Å². The topological polar surface area (TPSA) is 96.7 Å². The number of hydrogen-bond donors (Lipinski definition) is 3. The Labute approximate surface area is 126 Å². The van der Waals surface area contributed by atoms with Crippen molar-refractivity contribution in [2.75, 3.05) is 11.9 Å². The van der Waals surface area contributed by atoms with E-state index in [0.29, 0.717) is 6.54 Å². The van der Waals surface area contributed by atoms with Gasteiger partial charge in [-0.3, -0.25) is 9.89 Å². The zero-order chi connectivity index (χ0) is 14.7. The van der Waals surface area contributed by atoms with E-state index in [9.17, 15) is 4.79 Å². The van der Waals surface area contributed by atoms with Crippen molar-refractivity contribution in [3.05, 3.63) is 30.6 Å². The molecule has 0 saturated heterocycles. The number of benzene rings is 1. The second-order valence-corrected chi connectivity index (χ2v) is 6.27. The van der Waals surface area contributed by atoms with Crippen LogP contribution in [0.3, 0.4) is 0 Å². The Balaban J connectivity index is 1.63. The van der Waals surface area contributed by atoms with E-state index in [1.165, 1.54) is 18.1 Å². The van der Waals surface area contributed by atoms with Crippen LogP contribution in [-0.2, 0) is 4.79 Å². The minimum Gasteiger partial charge on any atom is -0.329 e. The molecule has 0 radical (unpaired) electrons. The summed E-state index contributed by atoms with van der Waals surface area (Å²) in [7, 11) is 0. The molecule has 0 aliphatic heterocycles. The fourth-order valence-corrected chi connectivity index (χ4v) is 3.05. The van der Waals surface area contributed by atoms with Crippen LogP contribution in [0.1, 0.15) is 19.3 Å². The quantitative estimate of drug-likeness (QED) is 0.785. The molecular formula is C14H17N5OS. The Bertz CT molecular complexity index is 601. The first-order valence-corrected chi connectivity index (χ1v) is 7.68. The molecule has 4 N–H and O–H groups in total. The number of aromatic nitrogens is 3. The molecule has 1 fully saturated rings. The number of rotatable bonds is 5. The van der Waals surface area contributed by atoms with Gasteiger partial charge in [-0.25, -0.2) is 4.98 Å². The summed E-state index contributed by atoms with van der Waals surface area (Å²) < 4.78 is 0. The minimum atomic E-state index is -0.354. The number of aromatic amines is 1. The second-order valence-electron chi connectivity index (χ2n) is 5.21. The number of amides is 1. The molecule has 1 aromatic carbocycles. The third kappa shape index (κ3) is 2.93. The standard InChI is InChI=1S/C14H17N5OS/c15-8-14(6-1-7-14)12(20)18-10-2-4-11(5-3-10)21-13-16-9-17-19-13/h2-5,9H,1,6-8,15H2,(H,18,20)(H,16,17,19). The van der Waals surface area contributed by atoms with E-state index in [4.69, 9.17) is 5.73 Å². The molecule has 1 heterocycles. The van der Waals surface area contributed by atoms with E-state index in [2.05, 4.69) is 20.5 Å². The SMILES string of the molecule is NCC1(C(=O)Nc2ccc(Sc3ncn[nH]3)cc2)CCC1. The Morgan fingerprint density at radius 3 is 2.67 bits per heavy atom. The van der Waals surface area contributed by atoms with Gasteiger partial charge in [0.05, 0.1) is 5.41 Å². The predicted molar refractivity (Wildman–Crippen MR) is 80.9 cm³/mol. The maximum absolute atomic E-state index is 12.3. The number of carbonyl (C=O) groups excluding carboxylic acids is 1. The van der Waals surface area contributed by atoms with Crippen molar-refractivity contribution in [1.29, 1.82) is 0 Å². The zero-order valence-corrected chi connectivity index (χ0v) is 12.3. The van der Waals surface area contributed by atoms with Crippen molar-refractivity contribution in [2.45, 2.75) is 29.3 Å². The van der Waals surface area contributed by atoms with Crippen molar-refractivity contribution >= 4 is 23.4 Å². The summed E-state index contributed by atoms with van der Waals surface area (Å²) in [4.78, 5) is 17.4. The molecule has 2 aromatic rings. The summed E-state index contributed by atoms with van der Waals surface area (Å²) in [6.45, 7) is 0.415. The number of carbonyl (C=O) groups is 1. The van der Waals surface area contributed by atoms with Gasteiger partial charge in [0.2, 0.25) is 5.91 Å². The molecule has 7 heteroatoms. The monoisotopic (exact) mass is 303 g/mol. The maximum atomic E-state index is 12.3. The lowest BCUT2D eigenvalue weighted by atomic mass is 9.68. The summed E-state index contributed by atoms with van der Waals surface area (Å²) in [5, 5.41) is 10.3. The minimum absolute atomic E-state index is 0.0342. The highest BCUT2D eigenvalue weighted by Gasteiger charge is 2.42. The highest BCUT2D eigenvalue weighted by molar-refractivity contribution is 7.99. The molecule has 0 spiro atoms.